The summed E-state index contributed by atoms with van der Waals surface area (Å²) in [6.07, 6.45) is 18.8. The van der Waals surface area contributed by atoms with Crippen molar-refractivity contribution in [2.24, 2.45) is 28.7 Å². The van der Waals surface area contributed by atoms with Crippen LogP contribution in [-0.4, -0.2) is 210 Å². The fraction of sp³-hybridized carbons (Fsp3) is 0.549. The van der Waals surface area contributed by atoms with E-state index >= 15 is 0 Å². The van der Waals surface area contributed by atoms with E-state index in [-0.39, 0.29) is 99.5 Å². The van der Waals surface area contributed by atoms with Gasteiger partial charge in [-0.1, -0.05) is 139 Å². The summed E-state index contributed by atoms with van der Waals surface area (Å²) in [5.41, 5.74) is 4.79. The minimum absolute atomic E-state index is 0.00159. The van der Waals surface area contributed by atoms with Gasteiger partial charge in [0.15, 0.2) is 11.6 Å². The molecule has 2 amide bonds. The number of methoxy groups -OCH3 is 2. The number of halogens is 1. The zero-order valence-corrected chi connectivity index (χ0v) is 62.7. The molecule has 4 fully saturated rings. The van der Waals surface area contributed by atoms with Crippen LogP contribution in [0.2, 0.25) is 5.02 Å². The molecule has 580 valence electrons. The maximum absolute atomic E-state index is 12.7. The maximum Gasteiger partial charge on any atom is 0.407 e. The number of benzene rings is 5. The number of hydrogen-bond acceptors (Lipinski definition) is 21. The number of amides is 2. The van der Waals surface area contributed by atoms with Crippen molar-refractivity contribution in [2.75, 3.05) is 120 Å². The molecule has 5 aromatic rings. The van der Waals surface area contributed by atoms with E-state index in [4.69, 9.17) is 65.7 Å². The molecule has 4 saturated carbocycles. The van der Waals surface area contributed by atoms with Gasteiger partial charge in [0, 0.05) is 105 Å². The molecule has 5 aromatic carbocycles. The van der Waals surface area contributed by atoms with Crippen LogP contribution in [0.4, 0.5) is 9.59 Å². The van der Waals surface area contributed by atoms with Crippen molar-refractivity contribution in [3.05, 3.63) is 178 Å². The van der Waals surface area contributed by atoms with Crippen LogP contribution >= 0.6 is 11.6 Å². The first-order chi connectivity index (χ1) is 51.7. The van der Waals surface area contributed by atoms with Crippen molar-refractivity contribution >= 4 is 47.2 Å². The van der Waals surface area contributed by atoms with E-state index in [1.165, 1.54) is 6.42 Å². The number of nitrogens with zero attached hydrogens (tertiary/aromatic N) is 4. The van der Waals surface area contributed by atoms with Gasteiger partial charge in [-0.25, -0.2) is 19.4 Å². The number of nitrogens with one attached hydrogen (secondary N) is 2. The minimum atomic E-state index is -0.364. The van der Waals surface area contributed by atoms with E-state index < -0.39 is 0 Å². The lowest BCUT2D eigenvalue weighted by Gasteiger charge is -2.34. The standard InChI is InChI=1S/C39H57N3O8.C18H21NO3.C15H20N2O3.C6H5Cl.C4H10O3/c1-46-22-20-42(29-32-8-14-34(15-9-32)37(43)33-6-4-3-5-7-33)21-23-49-38(44)40-35-16-10-30(11-17-35)28-31-12-18-36(19-13-31)41-39(45)50-27-26-48-25-24-47-2;20-12-10-19(11-13-21)14-15-6-8-17(9-7-15)18(22)16-4-2-1-3-5-16;16-9-20-14-7-3-12(4-8-14)15(19)11-1-5-13(6-2-11)17-10-18;7-6-4-2-1-3-5-6;5-1-3-7-4-2-6/h3-9,14-15,30-31,35-36H,10-13,16-29H2,1-2H3,(H,40,44)(H,41,45);1-9,20-21H,10-14H2;11-14H,1-8H2;1-5H;5-6H,1-4H2. The predicted octanol–water partition coefficient (Wildman–Crippen LogP) is 11.5. The van der Waals surface area contributed by atoms with Crippen LogP contribution in [0.15, 0.2) is 145 Å². The molecule has 4 aliphatic carbocycles. The molecule has 0 aromatic heterocycles. The lowest BCUT2D eigenvalue weighted by molar-refractivity contribution is -0.129. The Bertz CT molecular complexity index is 3260. The Labute approximate surface area is 631 Å². The van der Waals surface area contributed by atoms with E-state index in [0.717, 1.165) is 119 Å². The van der Waals surface area contributed by atoms with Crippen molar-refractivity contribution in [2.45, 2.75) is 146 Å². The van der Waals surface area contributed by atoms with Crippen LogP contribution in [0.3, 0.4) is 0 Å². The quantitative estimate of drug-likeness (QED) is 0.00713. The molecule has 6 N–H and O–H groups in total. The Morgan fingerprint density at radius 2 is 0.877 bits per heavy atom. The summed E-state index contributed by atoms with van der Waals surface area (Å²) in [6, 6.07) is 43.5. The van der Waals surface area contributed by atoms with Gasteiger partial charge in [-0.2, -0.15) is 5.26 Å². The highest BCUT2D eigenvalue weighted by atomic mass is 35.5. The Hall–Kier alpha value is -7.79. The molecule has 23 nitrogen and oxygen atoms in total. The highest BCUT2D eigenvalue weighted by Crippen LogP contribution is 2.37. The Morgan fingerprint density at radius 3 is 1.29 bits per heavy atom. The van der Waals surface area contributed by atoms with Crippen molar-refractivity contribution in [3.8, 4) is 6.26 Å². The number of aliphatic hydroxyl groups excluding tert-OH is 4. The molecule has 0 spiro atoms. The van der Waals surface area contributed by atoms with Gasteiger partial charge in [-0.05, 0) is 144 Å². The molecule has 24 heteroatoms. The number of ether oxygens (including phenoxy) is 7. The number of carbonyl (C=O) groups excluding carboxylic acids is 6. The van der Waals surface area contributed by atoms with Crippen molar-refractivity contribution in [1.29, 1.82) is 5.26 Å². The van der Waals surface area contributed by atoms with E-state index in [1.54, 1.807) is 38.7 Å². The van der Waals surface area contributed by atoms with E-state index in [9.17, 15) is 28.8 Å². The molecule has 0 heterocycles. The molecular formula is C82H113ClN6O17. The highest BCUT2D eigenvalue weighted by molar-refractivity contribution is 6.30. The zero-order valence-electron chi connectivity index (χ0n) is 61.9. The molecule has 0 bridgehead atoms. The van der Waals surface area contributed by atoms with Crippen molar-refractivity contribution in [1.82, 2.24) is 20.4 Å². The second-order valence-corrected chi connectivity index (χ2v) is 27.2. The monoisotopic (exact) mass is 1490 g/mol. The van der Waals surface area contributed by atoms with Crippen LogP contribution in [0.5, 0.6) is 0 Å². The number of nitriles is 1. The summed E-state index contributed by atoms with van der Waals surface area (Å²) >= 11 is 5.54. The van der Waals surface area contributed by atoms with Gasteiger partial charge in [-0.3, -0.25) is 24.2 Å². The fourth-order valence-electron chi connectivity index (χ4n) is 13.4. The van der Waals surface area contributed by atoms with E-state index in [0.29, 0.717) is 119 Å². The van der Waals surface area contributed by atoms with Gasteiger partial charge in [0.25, 0.3) is 6.26 Å². The highest BCUT2D eigenvalue weighted by Gasteiger charge is 2.34. The third kappa shape index (κ3) is 36.7. The van der Waals surface area contributed by atoms with Crippen LogP contribution in [-0.2, 0) is 55.8 Å². The molecule has 4 aliphatic rings. The minimum Gasteiger partial charge on any atom is -0.448 e. The SMILES string of the molecule is COCCOCCOC(=O)NC1CCC(CC2CCC(NC(=O)OCCN(CCOC)Cc3ccc(C(=O)c4ccccc4)cc3)CC2)CC1.Clc1ccccc1.N#COC1CCC(C(=O)C2CCC(N=C=O)CC2)CC1.O=C(c1ccccc1)c1ccc(CN(CCO)CCO)cc1.OCCOCCO. The molecule has 0 saturated heterocycles. The number of hydrogen-bond donors (Lipinski definition) is 6. The number of alkyl carbamates (subject to hydrolysis) is 2. The number of Topliss-reactive ketones (excluding diaryl/α,β-unsaturated/α-hetero) is 1. The van der Waals surface area contributed by atoms with Gasteiger partial charge in [0.1, 0.15) is 25.1 Å². The third-order valence-corrected chi connectivity index (χ3v) is 19.4. The summed E-state index contributed by atoms with van der Waals surface area (Å²) in [5, 5.41) is 49.6. The summed E-state index contributed by atoms with van der Waals surface area (Å²) in [7, 11) is 3.30. The second-order valence-electron chi connectivity index (χ2n) is 26.8. The fourth-order valence-corrected chi connectivity index (χ4v) is 13.5. The molecular weight excluding hydrogens is 1380 g/mol. The number of aliphatic imine (C=N–C) groups is 1. The first-order valence-corrected chi connectivity index (χ1v) is 37.7. The van der Waals surface area contributed by atoms with E-state index in [1.807, 2.05) is 132 Å². The molecule has 0 unspecified atom stereocenters. The normalized spacial score (nSPS) is 19.5. The molecule has 0 atom stereocenters. The summed E-state index contributed by atoms with van der Waals surface area (Å²) in [4.78, 5) is 80.4. The topological polar surface area (TPSA) is 315 Å². The van der Waals surface area contributed by atoms with Crippen LogP contribution < -0.4 is 10.6 Å². The maximum atomic E-state index is 12.7. The van der Waals surface area contributed by atoms with Crippen LogP contribution in [0.1, 0.15) is 152 Å². The summed E-state index contributed by atoms with van der Waals surface area (Å²) < 4.78 is 35.9. The molecule has 0 radical (unpaired) electrons. The van der Waals surface area contributed by atoms with Crippen molar-refractivity contribution in [3.63, 3.8) is 0 Å². The number of ketones is 3. The van der Waals surface area contributed by atoms with Gasteiger partial charge in [0.05, 0.1) is 72.1 Å². The Balaban J connectivity index is 0.000000293. The number of isocyanates is 1. The van der Waals surface area contributed by atoms with Gasteiger partial charge in [0.2, 0.25) is 6.08 Å². The van der Waals surface area contributed by atoms with Gasteiger partial charge >= 0.3 is 12.2 Å². The average Bonchev–Trinajstić information content (AvgIpc) is 0.928. The largest absolute Gasteiger partial charge is 0.448 e. The number of aliphatic hydroxyl groups is 4. The lowest BCUT2D eigenvalue weighted by atomic mass is 9.75. The molecule has 9 rings (SSSR count). The molecule has 106 heavy (non-hydrogen) atoms. The van der Waals surface area contributed by atoms with Crippen LogP contribution in [0.25, 0.3) is 0 Å². The Kier molecular flexibility index (Phi) is 45.9. The first-order valence-electron chi connectivity index (χ1n) is 37.3. The Morgan fingerprint density at radius 1 is 0.472 bits per heavy atom. The average molecular weight is 1490 g/mol. The van der Waals surface area contributed by atoms with Crippen molar-refractivity contribution < 1.29 is 82.4 Å². The number of carbonyl (C=O) groups is 5. The molecule has 0 aliphatic heterocycles. The van der Waals surface area contributed by atoms with Gasteiger partial charge < -0.3 is 64.2 Å². The first kappa shape index (κ1) is 88.8. The smallest absolute Gasteiger partial charge is 0.407 e. The zero-order chi connectivity index (χ0) is 76.2. The third-order valence-electron chi connectivity index (χ3n) is 19.1. The van der Waals surface area contributed by atoms with Gasteiger partial charge in [-0.15, -0.1) is 0 Å². The van der Waals surface area contributed by atoms with Crippen LogP contribution in [0, 0.1) is 35.2 Å². The lowest BCUT2D eigenvalue weighted by Crippen LogP contribution is -2.40. The predicted molar refractivity (Wildman–Crippen MR) is 405 cm³/mol. The van der Waals surface area contributed by atoms with E-state index in [2.05, 4.69) is 25.3 Å². The summed E-state index contributed by atoms with van der Waals surface area (Å²) in [5.74, 6) is 2.02. The summed E-state index contributed by atoms with van der Waals surface area (Å²) in [6.45, 7) is 6.92. The number of rotatable bonds is 36. The second kappa shape index (κ2) is 54.7.